The molecule has 2 heterocycles. The standard InChI is InChI=1S/C22H30N6O4S/c1-24-8-9-31-16-12-28-21(32-13-16)19(11-25-28)33(23,30)27-22(29)26-20-17-6-2-4-14(17)10-15-5-3-7-18(15)20/h10-11,16,24H,2-9,12-13H2,1H3,(H3,23,26,27,29,30)/t16-,33?/m0/s1. The predicted octanol–water partition coefficient (Wildman–Crippen LogP) is 1.79. The van der Waals surface area contributed by atoms with Crippen molar-refractivity contribution in [3.8, 4) is 5.88 Å². The van der Waals surface area contributed by atoms with Crippen LogP contribution in [0.25, 0.3) is 0 Å². The van der Waals surface area contributed by atoms with Crippen LogP contribution in [-0.2, 0) is 46.9 Å². The van der Waals surface area contributed by atoms with E-state index in [0.29, 0.717) is 13.2 Å². The van der Waals surface area contributed by atoms with Gasteiger partial charge in [-0.15, -0.1) is 4.36 Å². The van der Waals surface area contributed by atoms with Crippen molar-refractivity contribution in [2.75, 3.05) is 32.1 Å². The second-order valence-corrected chi connectivity index (χ2v) is 10.5. The Hall–Kier alpha value is -2.47. The maximum absolute atomic E-state index is 13.3. The fourth-order valence-electron chi connectivity index (χ4n) is 4.95. The Morgan fingerprint density at radius 3 is 2.73 bits per heavy atom. The van der Waals surface area contributed by atoms with E-state index in [9.17, 15) is 9.00 Å². The monoisotopic (exact) mass is 474 g/mol. The average Bonchev–Trinajstić information content (AvgIpc) is 3.52. The number of hydrogen-bond acceptors (Lipinski definition) is 6. The number of nitrogens with two attached hydrogens (primary N) is 1. The van der Waals surface area contributed by atoms with Crippen molar-refractivity contribution in [1.82, 2.24) is 15.1 Å². The van der Waals surface area contributed by atoms with Gasteiger partial charge in [0.05, 0.1) is 19.3 Å². The lowest BCUT2D eigenvalue weighted by molar-refractivity contribution is -0.0115. The number of rotatable bonds is 6. The molecule has 33 heavy (non-hydrogen) atoms. The van der Waals surface area contributed by atoms with Gasteiger partial charge < -0.3 is 20.1 Å². The number of aromatic nitrogens is 2. The molecule has 0 fully saturated rings. The third-order valence-electron chi connectivity index (χ3n) is 6.49. The number of ether oxygens (including phenoxy) is 2. The second-order valence-electron chi connectivity index (χ2n) is 8.73. The minimum absolute atomic E-state index is 0.120. The molecule has 0 spiro atoms. The Morgan fingerprint density at radius 1 is 1.30 bits per heavy atom. The van der Waals surface area contributed by atoms with Gasteiger partial charge in [-0.05, 0) is 67.8 Å². The third-order valence-corrected chi connectivity index (χ3v) is 7.83. The van der Waals surface area contributed by atoms with Crippen LogP contribution in [0.5, 0.6) is 5.88 Å². The van der Waals surface area contributed by atoms with Crippen molar-refractivity contribution in [2.24, 2.45) is 9.50 Å². The van der Waals surface area contributed by atoms with E-state index in [0.717, 1.165) is 50.8 Å². The molecule has 0 saturated carbocycles. The molecule has 178 valence electrons. The van der Waals surface area contributed by atoms with E-state index >= 15 is 0 Å². The molecule has 0 bridgehead atoms. The summed E-state index contributed by atoms with van der Waals surface area (Å²) in [5.41, 5.74) is 5.79. The zero-order valence-corrected chi connectivity index (χ0v) is 19.6. The first-order chi connectivity index (χ1) is 16.0. The molecular formula is C22H30N6O4S. The molecule has 1 aliphatic heterocycles. The van der Waals surface area contributed by atoms with Crippen LogP contribution in [0.4, 0.5) is 10.5 Å². The summed E-state index contributed by atoms with van der Waals surface area (Å²) >= 11 is 0. The van der Waals surface area contributed by atoms with Crippen LogP contribution in [0.3, 0.4) is 0 Å². The molecule has 2 aromatic rings. The summed E-state index contributed by atoms with van der Waals surface area (Å²) in [7, 11) is -1.68. The Balaban J connectivity index is 1.36. The number of anilines is 1. The number of fused-ring (bicyclic) bond motifs is 3. The first-order valence-corrected chi connectivity index (χ1v) is 13.0. The van der Waals surface area contributed by atoms with Crippen LogP contribution < -0.4 is 20.5 Å². The molecule has 0 saturated heterocycles. The number of aryl methyl sites for hydroxylation is 2. The van der Waals surface area contributed by atoms with Gasteiger partial charge in [-0.25, -0.2) is 18.8 Å². The van der Waals surface area contributed by atoms with Crippen LogP contribution in [0.1, 0.15) is 35.1 Å². The highest BCUT2D eigenvalue weighted by atomic mass is 32.2. The Labute approximate surface area is 193 Å². The molecule has 4 N–H and O–H groups in total. The van der Waals surface area contributed by atoms with Gasteiger partial charge in [-0.2, -0.15) is 5.10 Å². The predicted molar refractivity (Wildman–Crippen MR) is 124 cm³/mol. The smallest absolute Gasteiger partial charge is 0.354 e. The van der Waals surface area contributed by atoms with Gasteiger partial charge in [0.1, 0.15) is 17.6 Å². The van der Waals surface area contributed by atoms with E-state index in [1.54, 1.807) is 4.68 Å². The van der Waals surface area contributed by atoms with Gasteiger partial charge in [-0.1, -0.05) is 6.07 Å². The number of nitrogens with zero attached hydrogens (tertiary/aromatic N) is 3. The van der Waals surface area contributed by atoms with E-state index in [1.807, 2.05) is 7.05 Å². The number of carbonyl (C=O) groups is 1. The van der Waals surface area contributed by atoms with Crippen molar-refractivity contribution in [1.29, 1.82) is 0 Å². The van der Waals surface area contributed by atoms with Crippen molar-refractivity contribution in [3.05, 3.63) is 34.5 Å². The number of hydrogen-bond donors (Lipinski definition) is 3. The minimum atomic E-state index is -3.54. The minimum Gasteiger partial charge on any atom is -0.474 e. The average molecular weight is 475 g/mol. The van der Waals surface area contributed by atoms with Crippen molar-refractivity contribution < 1.29 is 18.5 Å². The summed E-state index contributed by atoms with van der Waals surface area (Å²) in [5, 5.41) is 16.2. The molecule has 2 amide bonds. The molecule has 2 aliphatic carbocycles. The molecule has 3 aliphatic rings. The molecule has 11 heteroatoms. The van der Waals surface area contributed by atoms with Crippen LogP contribution in [0.15, 0.2) is 21.5 Å². The van der Waals surface area contributed by atoms with E-state index < -0.39 is 15.9 Å². The molecule has 0 radical (unpaired) electrons. The fraction of sp³-hybridized carbons (Fsp3) is 0.545. The molecule has 2 atom stereocenters. The number of carbonyl (C=O) groups excluding carboxylic acids is 1. The number of nitrogens with one attached hydrogen (secondary N) is 2. The van der Waals surface area contributed by atoms with Gasteiger partial charge in [0.25, 0.3) is 0 Å². The maximum Gasteiger partial charge on any atom is 0.354 e. The lowest BCUT2D eigenvalue weighted by Gasteiger charge is -2.24. The highest BCUT2D eigenvalue weighted by molar-refractivity contribution is 7.91. The zero-order chi connectivity index (χ0) is 23.0. The van der Waals surface area contributed by atoms with E-state index in [4.69, 9.17) is 14.6 Å². The first-order valence-electron chi connectivity index (χ1n) is 11.4. The SMILES string of the molecule is CNCCO[C@@H]1COc2c(S(N)(=O)=NC(=O)Nc3c4c(cc5c3CCC5)CCC4)cnn2C1. The van der Waals surface area contributed by atoms with Crippen LogP contribution in [0.2, 0.25) is 0 Å². The van der Waals surface area contributed by atoms with Gasteiger partial charge in [0.15, 0.2) is 9.92 Å². The highest BCUT2D eigenvalue weighted by Gasteiger charge is 2.29. The van der Waals surface area contributed by atoms with Gasteiger partial charge >= 0.3 is 6.03 Å². The zero-order valence-electron chi connectivity index (χ0n) is 18.8. The third kappa shape index (κ3) is 4.37. The van der Waals surface area contributed by atoms with Crippen LogP contribution >= 0.6 is 0 Å². The summed E-state index contributed by atoms with van der Waals surface area (Å²) in [6, 6.07) is 1.58. The fourth-order valence-corrected chi connectivity index (χ4v) is 5.95. The lowest BCUT2D eigenvalue weighted by Crippen LogP contribution is -2.34. The van der Waals surface area contributed by atoms with Gasteiger partial charge in [0.2, 0.25) is 5.88 Å². The lowest BCUT2D eigenvalue weighted by atomic mass is 9.99. The van der Waals surface area contributed by atoms with Crippen molar-refractivity contribution in [3.63, 3.8) is 0 Å². The number of amides is 2. The van der Waals surface area contributed by atoms with Crippen LogP contribution in [-0.4, -0.2) is 52.9 Å². The first kappa shape index (κ1) is 22.3. The maximum atomic E-state index is 13.3. The van der Waals surface area contributed by atoms with E-state index in [2.05, 4.69) is 26.2 Å². The van der Waals surface area contributed by atoms with E-state index in [-0.39, 0.29) is 23.5 Å². The molecule has 1 aromatic carbocycles. The summed E-state index contributed by atoms with van der Waals surface area (Å²) in [4.78, 5) is 13.0. The van der Waals surface area contributed by atoms with Crippen molar-refractivity contribution in [2.45, 2.75) is 56.1 Å². The Bertz CT molecular complexity index is 1170. The highest BCUT2D eigenvalue weighted by Crippen LogP contribution is 2.38. The Kier molecular flexibility index (Phi) is 6.12. The van der Waals surface area contributed by atoms with Gasteiger partial charge in [-0.3, -0.25) is 0 Å². The number of benzene rings is 1. The molecular weight excluding hydrogens is 444 g/mol. The largest absolute Gasteiger partial charge is 0.474 e. The second kappa shape index (κ2) is 9.05. The Morgan fingerprint density at radius 2 is 2.03 bits per heavy atom. The summed E-state index contributed by atoms with van der Waals surface area (Å²) in [5.74, 6) is 0.272. The van der Waals surface area contributed by atoms with Gasteiger partial charge in [0, 0.05) is 12.2 Å². The normalized spacial score (nSPS) is 20.4. The summed E-state index contributed by atoms with van der Waals surface area (Å²) in [6.07, 6.45) is 7.25. The topological polar surface area (TPSA) is 133 Å². The van der Waals surface area contributed by atoms with Crippen molar-refractivity contribution >= 4 is 21.6 Å². The molecule has 5 rings (SSSR count). The molecule has 1 aromatic heterocycles. The molecule has 10 nitrogen and oxygen atoms in total. The van der Waals surface area contributed by atoms with E-state index in [1.165, 1.54) is 28.5 Å². The quantitative estimate of drug-likeness (QED) is 0.547. The number of urea groups is 1. The van der Waals surface area contributed by atoms with Crippen LogP contribution in [0, 0.1) is 0 Å². The number of likely N-dealkylation sites (N-methyl/N-ethyl adjacent to an activating group) is 1. The molecule has 1 unspecified atom stereocenters. The summed E-state index contributed by atoms with van der Waals surface area (Å²) < 4.78 is 30.2. The summed E-state index contributed by atoms with van der Waals surface area (Å²) in [6.45, 7) is 2.01.